The molecular formula is C26H35N3O5S. The number of para-hydroxylation sites is 1. The summed E-state index contributed by atoms with van der Waals surface area (Å²) < 4.78 is 35.6. The summed E-state index contributed by atoms with van der Waals surface area (Å²) in [5.74, 6) is 0.338. The van der Waals surface area contributed by atoms with Crippen molar-refractivity contribution in [1.29, 1.82) is 0 Å². The Labute approximate surface area is 207 Å². The number of rotatable bonds is 9. The number of carbonyl (C=O) groups is 1. The van der Waals surface area contributed by atoms with E-state index >= 15 is 0 Å². The number of aliphatic hydroxyl groups is 1. The van der Waals surface area contributed by atoms with Crippen molar-refractivity contribution in [3.8, 4) is 5.75 Å². The first kappa shape index (κ1) is 25.6. The molecule has 0 spiro atoms. The lowest BCUT2D eigenvalue weighted by Crippen LogP contribution is -2.51. The molecular weight excluding hydrogens is 466 g/mol. The number of nitrogens with one attached hydrogen (secondary N) is 2. The van der Waals surface area contributed by atoms with E-state index < -0.39 is 10.2 Å². The summed E-state index contributed by atoms with van der Waals surface area (Å²) in [6.07, 6.45) is 4.25. The summed E-state index contributed by atoms with van der Waals surface area (Å²) in [7, 11) is -2.11. The summed E-state index contributed by atoms with van der Waals surface area (Å²) in [4.78, 5) is 13.0. The predicted molar refractivity (Wildman–Crippen MR) is 135 cm³/mol. The molecule has 0 aromatic heterocycles. The van der Waals surface area contributed by atoms with Crippen LogP contribution in [0.15, 0.2) is 54.6 Å². The van der Waals surface area contributed by atoms with Gasteiger partial charge in [0.25, 0.3) is 16.1 Å². The molecule has 2 aromatic carbocycles. The lowest BCUT2D eigenvalue weighted by atomic mass is 9.68. The van der Waals surface area contributed by atoms with Gasteiger partial charge in [0.2, 0.25) is 0 Å². The Bertz CT molecular complexity index is 1100. The summed E-state index contributed by atoms with van der Waals surface area (Å²) in [5.41, 5.74) is 1.34. The lowest BCUT2D eigenvalue weighted by Gasteiger charge is -2.41. The average Bonchev–Trinajstić information content (AvgIpc) is 3.39. The zero-order chi connectivity index (χ0) is 24.9. The van der Waals surface area contributed by atoms with Gasteiger partial charge in [-0.3, -0.25) is 4.79 Å². The molecule has 8 nitrogen and oxygen atoms in total. The highest BCUT2D eigenvalue weighted by Crippen LogP contribution is 2.39. The summed E-state index contributed by atoms with van der Waals surface area (Å²) in [6, 6.07) is 16.7. The van der Waals surface area contributed by atoms with Crippen LogP contribution in [-0.2, 0) is 15.6 Å². The molecule has 2 fully saturated rings. The maximum Gasteiger partial charge on any atom is 0.280 e. The zero-order valence-corrected chi connectivity index (χ0v) is 21.0. The van der Waals surface area contributed by atoms with E-state index in [0.29, 0.717) is 43.7 Å². The number of nitrogens with zero attached hydrogens (tertiary/aromatic N) is 1. The topological polar surface area (TPSA) is 108 Å². The van der Waals surface area contributed by atoms with E-state index in [1.54, 1.807) is 19.2 Å². The van der Waals surface area contributed by atoms with Crippen LogP contribution in [0.2, 0.25) is 0 Å². The zero-order valence-electron chi connectivity index (χ0n) is 20.2. The molecule has 1 saturated carbocycles. The first-order valence-electron chi connectivity index (χ1n) is 12.3. The van der Waals surface area contributed by atoms with Crippen molar-refractivity contribution in [2.24, 2.45) is 0 Å². The van der Waals surface area contributed by atoms with Crippen LogP contribution >= 0.6 is 0 Å². The molecule has 1 aliphatic carbocycles. The van der Waals surface area contributed by atoms with E-state index in [2.05, 4.69) is 22.2 Å². The number of hydrogen-bond acceptors (Lipinski definition) is 5. The highest BCUT2D eigenvalue weighted by molar-refractivity contribution is 7.87. The van der Waals surface area contributed by atoms with Gasteiger partial charge in [-0.2, -0.15) is 17.4 Å². The monoisotopic (exact) mass is 501 g/mol. The quantitative estimate of drug-likeness (QED) is 0.490. The van der Waals surface area contributed by atoms with E-state index in [0.717, 1.165) is 24.8 Å². The maximum absolute atomic E-state index is 13.0. The van der Waals surface area contributed by atoms with Crippen molar-refractivity contribution in [1.82, 2.24) is 14.3 Å². The maximum atomic E-state index is 13.0. The number of ether oxygens (including phenoxy) is 1. The Morgan fingerprint density at radius 1 is 1.09 bits per heavy atom. The molecule has 0 bridgehead atoms. The van der Waals surface area contributed by atoms with Crippen LogP contribution in [0.3, 0.4) is 0 Å². The van der Waals surface area contributed by atoms with Gasteiger partial charge in [-0.25, -0.2) is 0 Å². The SMILES string of the molecule is COc1ccccc1C(=O)NC[C@]1(c2ccccc2)CC[C@H](NS(=O)(=O)N2CCC[C@H]2CO)CC1. The Hall–Kier alpha value is -2.46. The Balaban J connectivity index is 1.46. The van der Waals surface area contributed by atoms with Crippen molar-refractivity contribution in [2.45, 2.75) is 56.0 Å². The van der Waals surface area contributed by atoms with Gasteiger partial charge >= 0.3 is 0 Å². The first-order chi connectivity index (χ1) is 16.9. The molecule has 1 saturated heterocycles. The molecule has 0 unspecified atom stereocenters. The summed E-state index contributed by atoms with van der Waals surface area (Å²) in [6.45, 7) is 0.733. The van der Waals surface area contributed by atoms with Crippen LogP contribution in [0.25, 0.3) is 0 Å². The molecule has 1 amide bonds. The van der Waals surface area contributed by atoms with Gasteiger partial charge in [0.05, 0.1) is 19.3 Å². The van der Waals surface area contributed by atoms with E-state index in [4.69, 9.17) is 4.74 Å². The van der Waals surface area contributed by atoms with Crippen molar-refractivity contribution in [3.63, 3.8) is 0 Å². The Morgan fingerprint density at radius 2 is 1.77 bits per heavy atom. The Morgan fingerprint density at radius 3 is 2.46 bits per heavy atom. The smallest absolute Gasteiger partial charge is 0.280 e. The van der Waals surface area contributed by atoms with E-state index in [-0.39, 0.29) is 30.0 Å². The largest absolute Gasteiger partial charge is 0.496 e. The Kier molecular flexibility index (Phi) is 8.11. The molecule has 2 aliphatic rings. The minimum Gasteiger partial charge on any atom is -0.496 e. The second kappa shape index (κ2) is 11.1. The minimum atomic E-state index is -3.65. The minimum absolute atomic E-state index is 0.158. The number of benzene rings is 2. The van der Waals surface area contributed by atoms with Gasteiger partial charge in [0.15, 0.2) is 0 Å². The molecule has 190 valence electrons. The third-order valence-electron chi connectivity index (χ3n) is 7.43. The van der Waals surface area contributed by atoms with Gasteiger partial charge in [-0.05, 0) is 56.2 Å². The van der Waals surface area contributed by atoms with Gasteiger partial charge < -0.3 is 15.2 Å². The van der Waals surface area contributed by atoms with Crippen LogP contribution in [0.5, 0.6) is 5.75 Å². The van der Waals surface area contributed by atoms with Crippen molar-refractivity contribution in [2.75, 3.05) is 26.8 Å². The predicted octanol–water partition coefficient (Wildman–Crippen LogP) is 2.60. The number of hydrogen-bond donors (Lipinski definition) is 3. The summed E-state index contributed by atoms with van der Waals surface area (Å²) in [5, 5.41) is 12.7. The van der Waals surface area contributed by atoms with Gasteiger partial charge in [-0.15, -0.1) is 0 Å². The van der Waals surface area contributed by atoms with Crippen LogP contribution in [0.1, 0.15) is 54.4 Å². The third kappa shape index (κ3) is 5.69. The molecule has 0 radical (unpaired) electrons. The van der Waals surface area contributed by atoms with Gasteiger partial charge in [-0.1, -0.05) is 42.5 Å². The molecule has 2 aromatic rings. The van der Waals surface area contributed by atoms with E-state index in [1.165, 1.54) is 4.31 Å². The second-order valence-electron chi connectivity index (χ2n) is 9.52. The third-order valence-corrected chi connectivity index (χ3v) is 9.16. The van der Waals surface area contributed by atoms with Crippen LogP contribution in [0.4, 0.5) is 0 Å². The lowest BCUT2D eigenvalue weighted by molar-refractivity contribution is 0.0932. The molecule has 4 rings (SSSR count). The van der Waals surface area contributed by atoms with Crippen molar-refractivity contribution < 1.29 is 23.1 Å². The molecule has 3 N–H and O–H groups in total. The van der Waals surface area contributed by atoms with Crippen molar-refractivity contribution in [3.05, 3.63) is 65.7 Å². The fraction of sp³-hybridized carbons (Fsp3) is 0.500. The number of methoxy groups -OCH3 is 1. The van der Waals surface area contributed by atoms with E-state index in [1.807, 2.05) is 30.3 Å². The first-order valence-corrected chi connectivity index (χ1v) is 13.7. The molecule has 1 heterocycles. The van der Waals surface area contributed by atoms with Gasteiger partial charge in [0, 0.05) is 30.6 Å². The normalized spacial score (nSPS) is 25.3. The standard InChI is InChI=1S/C26H35N3O5S/c1-34-24-12-6-5-11-23(24)25(31)27-19-26(20-8-3-2-4-9-20)15-13-21(14-16-26)28-35(32,33)29-17-7-10-22(29)18-30/h2-6,8-9,11-12,21-22,28,30H,7,10,13-19H2,1H3,(H,27,31)/t21-,22-,26-/m0/s1. The number of aliphatic hydroxyl groups excluding tert-OH is 1. The number of amides is 1. The molecule has 1 atom stereocenters. The highest BCUT2D eigenvalue weighted by atomic mass is 32.2. The number of carbonyl (C=O) groups excluding carboxylic acids is 1. The fourth-order valence-electron chi connectivity index (χ4n) is 5.41. The van der Waals surface area contributed by atoms with Gasteiger partial charge in [0.1, 0.15) is 5.75 Å². The average molecular weight is 502 g/mol. The summed E-state index contributed by atoms with van der Waals surface area (Å²) >= 11 is 0. The fourth-order valence-corrected chi connectivity index (χ4v) is 7.14. The van der Waals surface area contributed by atoms with Crippen LogP contribution < -0.4 is 14.8 Å². The molecule has 1 aliphatic heterocycles. The van der Waals surface area contributed by atoms with Crippen LogP contribution in [0, 0.1) is 0 Å². The molecule has 35 heavy (non-hydrogen) atoms. The molecule has 9 heteroatoms. The second-order valence-corrected chi connectivity index (χ2v) is 11.2. The van der Waals surface area contributed by atoms with Crippen LogP contribution in [-0.4, -0.2) is 62.6 Å². The highest BCUT2D eigenvalue weighted by Gasteiger charge is 2.40. The van der Waals surface area contributed by atoms with E-state index in [9.17, 15) is 18.3 Å². The van der Waals surface area contributed by atoms with Crippen molar-refractivity contribution >= 4 is 16.1 Å².